The van der Waals surface area contributed by atoms with Gasteiger partial charge < -0.3 is 9.32 Å². The van der Waals surface area contributed by atoms with Crippen molar-refractivity contribution in [3.63, 3.8) is 0 Å². The van der Waals surface area contributed by atoms with E-state index in [1.54, 1.807) is 4.90 Å². The Morgan fingerprint density at radius 2 is 1.93 bits per heavy atom. The van der Waals surface area contributed by atoms with Gasteiger partial charge in [-0.1, -0.05) is 18.2 Å². The van der Waals surface area contributed by atoms with Crippen molar-refractivity contribution in [3.8, 4) is 11.5 Å². The number of benzene rings is 2. The molecule has 3 aromatic rings. The van der Waals surface area contributed by atoms with Crippen LogP contribution in [0.3, 0.4) is 0 Å². The minimum Gasteiger partial charge on any atom is -0.420 e. The molecule has 5 nitrogen and oxygen atoms in total. The van der Waals surface area contributed by atoms with E-state index in [1.165, 1.54) is 24.3 Å². The molecule has 0 spiro atoms. The number of carbonyl (C=O) groups excluding carboxylic acids is 1. The number of hydrogen-bond donors (Lipinski definition) is 0. The van der Waals surface area contributed by atoms with E-state index in [4.69, 9.17) is 4.42 Å². The molecule has 0 saturated carbocycles. The molecule has 1 amide bonds. The lowest BCUT2D eigenvalue weighted by atomic mass is 9.97. The Balaban J connectivity index is 1.51. The van der Waals surface area contributed by atoms with Crippen LogP contribution < -0.4 is 0 Å². The van der Waals surface area contributed by atoms with Crippen LogP contribution in [0.25, 0.3) is 11.5 Å². The number of hydrogen-bond acceptors (Lipinski definition) is 4. The summed E-state index contributed by atoms with van der Waals surface area (Å²) in [4.78, 5) is 14.5. The number of aromatic nitrogens is 2. The van der Waals surface area contributed by atoms with Crippen molar-refractivity contribution in [3.05, 3.63) is 71.4 Å². The average molecular weight is 365 g/mol. The smallest absolute Gasteiger partial charge is 0.253 e. The van der Waals surface area contributed by atoms with Gasteiger partial charge in [-0.2, -0.15) is 0 Å². The number of rotatable bonds is 3. The minimum atomic E-state index is -0.349. The zero-order valence-electron chi connectivity index (χ0n) is 15.1. The zero-order chi connectivity index (χ0) is 18.8. The fourth-order valence-corrected chi connectivity index (χ4v) is 3.46. The van der Waals surface area contributed by atoms with Gasteiger partial charge in [-0.3, -0.25) is 4.79 Å². The summed E-state index contributed by atoms with van der Waals surface area (Å²) in [6, 6.07) is 13.5. The Kier molecular flexibility index (Phi) is 4.71. The first-order valence-electron chi connectivity index (χ1n) is 9.06. The standard InChI is InChI=1S/C21H20FN3O2/c1-14-5-2-3-7-18(14)20-24-23-19(27-20)16-6-4-12-25(13-16)21(26)15-8-10-17(22)11-9-15/h2-3,5,7-11,16H,4,6,12-13H2,1H3. The van der Waals surface area contributed by atoms with Gasteiger partial charge in [0.2, 0.25) is 11.8 Å². The van der Waals surface area contributed by atoms with Crippen LogP contribution in [0.4, 0.5) is 4.39 Å². The number of piperidine rings is 1. The van der Waals surface area contributed by atoms with Gasteiger partial charge in [0, 0.05) is 24.2 Å². The summed E-state index contributed by atoms with van der Waals surface area (Å²) < 4.78 is 19.0. The van der Waals surface area contributed by atoms with Crippen LogP contribution in [0, 0.1) is 12.7 Å². The predicted octanol–water partition coefficient (Wildman–Crippen LogP) is 4.20. The maximum atomic E-state index is 13.1. The van der Waals surface area contributed by atoms with E-state index in [9.17, 15) is 9.18 Å². The number of aryl methyl sites for hydroxylation is 1. The van der Waals surface area contributed by atoms with Gasteiger partial charge >= 0.3 is 0 Å². The molecular weight excluding hydrogens is 345 g/mol. The molecule has 0 N–H and O–H groups in total. The molecule has 1 saturated heterocycles. The number of halogens is 1. The Morgan fingerprint density at radius 3 is 2.70 bits per heavy atom. The third kappa shape index (κ3) is 3.60. The molecule has 27 heavy (non-hydrogen) atoms. The Morgan fingerprint density at radius 1 is 1.15 bits per heavy atom. The van der Waals surface area contributed by atoms with Crippen molar-refractivity contribution < 1.29 is 13.6 Å². The summed E-state index contributed by atoms with van der Waals surface area (Å²) in [5.74, 6) is 0.624. The summed E-state index contributed by atoms with van der Waals surface area (Å²) in [6.45, 7) is 3.19. The van der Waals surface area contributed by atoms with Crippen molar-refractivity contribution in [1.82, 2.24) is 15.1 Å². The molecule has 1 aliphatic heterocycles. The summed E-state index contributed by atoms with van der Waals surface area (Å²) in [7, 11) is 0. The highest BCUT2D eigenvalue weighted by molar-refractivity contribution is 5.94. The van der Waals surface area contributed by atoms with Crippen LogP contribution in [-0.4, -0.2) is 34.1 Å². The SMILES string of the molecule is Cc1ccccc1-c1nnc(C2CCCN(C(=O)c3ccc(F)cc3)C2)o1. The lowest BCUT2D eigenvalue weighted by Gasteiger charge is -2.31. The fraction of sp³-hybridized carbons (Fsp3) is 0.286. The van der Waals surface area contributed by atoms with Crippen LogP contribution in [0.2, 0.25) is 0 Å². The van der Waals surface area contributed by atoms with E-state index in [1.807, 2.05) is 31.2 Å². The molecule has 2 aromatic carbocycles. The fourth-order valence-electron chi connectivity index (χ4n) is 3.46. The van der Waals surface area contributed by atoms with Crippen molar-refractivity contribution in [2.75, 3.05) is 13.1 Å². The lowest BCUT2D eigenvalue weighted by molar-refractivity contribution is 0.0698. The van der Waals surface area contributed by atoms with Crippen molar-refractivity contribution >= 4 is 5.91 Å². The maximum Gasteiger partial charge on any atom is 0.253 e. The summed E-state index contributed by atoms with van der Waals surface area (Å²) in [5.41, 5.74) is 2.49. The van der Waals surface area contributed by atoms with Crippen LogP contribution in [-0.2, 0) is 0 Å². The highest BCUT2D eigenvalue weighted by Gasteiger charge is 2.29. The molecule has 0 bridgehead atoms. The number of carbonyl (C=O) groups is 1. The van der Waals surface area contributed by atoms with E-state index < -0.39 is 0 Å². The summed E-state index contributed by atoms with van der Waals surface area (Å²) in [5, 5.41) is 8.43. The molecule has 1 fully saturated rings. The van der Waals surface area contributed by atoms with Crippen LogP contribution >= 0.6 is 0 Å². The molecule has 1 aromatic heterocycles. The minimum absolute atomic E-state index is 0.00779. The molecule has 4 rings (SSSR count). The van der Waals surface area contributed by atoms with E-state index in [-0.39, 0.29) is 17.6 Å². The largest absolute Gasteiger partial charge is 0.420 e. The second-order valence-electron chi connectivity index (χ2n) is 6.86. The summed E-state index contributed by atoms with van der Waals surface area (Å²) in [6.07, 6.45) is 1.75. The highest BCUT2D eigenvalue weighted by Crippen LogP contribution is 2.30. The van der Waals surface area contributed by atoms with Crippen LogP contribution in [0.5, 0.6) is 0 Å². The molecule has 0 radical (unpaired) electrons. The molecule has 2 heterocycles. The van der Waals surface area contributed by atoms with Gasteiger partial charge in [-0.05, 0) is 55.7 Å². The maximum absolute atomic E-state index is 13.1. The van der Waals surface area contributed by atoms with Gasteiger partial charge in [0.05, 0.1) is 5.92 Å². The number of amides is 1. The highest BCUT2D eigenvalue weighted by atomic mass is 19.1. The second kappa shape index (κ2) is 7.31. The third-order valence-electron chi connectivity index (χ3n) is 4.97. The van der Waals surface area contributed by atoms with Gasteiger partial charge in [0.25, 0.3) is 5.91 Å². The Hall–Kier alpha value is -3.02. The van der Waals surface area contributed by atoms with Gasteiger partial charge in [0.1, 0.15) is 5.82 Å². The quantitative estimate of drug-likeness (QED) is 0.698. The van der Waals surface area contributed by atoms with E-state index >= 15 is 0 Å². The molecule has 1 unspecified atom stereocenters. The number of likely N-dealkylation sites (tertiary alicyclic amines) is 1. The van der Waals surface area contributed by atoms with Crippen molar-refractivity contribution in [1.29, 1.82) is 0 Å². The van der Waals surface area contributed by atoms with Crippen LogP contribution in [0.1, 0.15) is 40.6 Å². The van der Waals surface area contributed by atoms with Crippen LogP contribution in [0.15, 0.2) is 52.9 Å². The molecule has 1 atom stereocenters. The molecule has 0 aliphatic carbocycles. The van der Waals surface area contributed by atoms with Gasteiger partial charge in [0.15, 0.2) is 0 Å². The van der Waals surface area contributed by atoms with E-state index in [2.05, 4.69) is 10.2 Å². The van der Waals surface area contributed by atoms with Gasteiger partial charge in [-0.25, -0.2) is 4.39 Å². The first-order valence-corrected chi connectivity index (χ1v) is 9.06. The molecule has 138 valence electrons. The average Bonchev–Trinajstić information content (AvgIpc) is 3.18. The normalized spacial score (nSPS) is 17.1. The first-order chi connectivity index (χ1) is 13.1. The zero-order valence-corrected chi connectivity index (χ0v) is 15.1. The summed E-state index contributed by atoms with van der Waals surface area (Å²) >= 11 is 0. The predicted molar refractivity (Wildman–Crippen MR) is 98.7 cm³/mol. The molecular formula is C21H20FN3O2. The Labute approximate surface area is 156 Å². The van der Waals surface area contributed by atoms with E-state index in [0.29, 0.717) is 30.4 Å². The topological polar surface area (TPSA) is 59.2 Å². The third-order valence-corrected chi connectivity index (χ3v) is 4.97. The monoisotopic (exact) mass is 365 g/mol. The van der Waals surface area contributed by atoms with E-state index in [0.717, 1.165) is 24.0 Å². The second-order valence-corrected chi connectivity index (χ2v) is 6.86. The number of nitrogens with zero attached hydrogens (tertiary/aromatic N) is 3. The van der Waals surface area contributed by atoms with Crippen molar-refractivity contribution in [2.45, 2.75) is 25.7 Å². The molecule has 6 heteroatoms. The lowest BCUT2D eigenvalue weighted by Crippen LogP contribution is -2.39. The molecule has 1 aliphatic rings. The van der Waals surface area contributed by atoms with Gasteiger partial charge in [-0.15, -0.1) is 10.2 Å². The first kappa shape index (κ1) is 17.4. The van der Waals surface area contributed by atoms with Crippen molar-refractivity contribution in [2.24, 2.45) is 0 Å². The Bertz CT molecular complexity index is 952.